The quantitative estimate of drug-likeness (QED) is 0.0939. The molecule has 12 rings (SSSR count). The Bertz CT molecular complexity index is 4210. The van der Waals surface area contributed by atoms with Crippen molar-refractivity contribution in [2.75, 3.05) is 28.4 Å². The number of methoxy groups -OCH3 is 4. The van der Waals surface area contributed by atoms with E-state index >= 15 is 0 Å². The Morgan fingerprint density at radius 2 is 0.485 bits per heavy atom. The highest BCUT2D eigenvalue weighted by Crippen LogP contribution is 2.28. The summed E-state index contributed by atoms with van der Waals surface area (Å²) in [4.78, 5) is 10.8. The third kappa shape index (κ3) is 29.4. The molecule has 0 aliphatic carbocycles. The van der Waals surface area contributed by atoms with Gasteiger partial charge in [-0.15, -0.1) is 0 Å². The minimum absolute atomic E-state index is 0.128. The molecule has 0 amide bonds. The molecule has 97 heavy (non-hydrogen) atoms. The van der Waals surface area contributed by atoms with Crippen LogP contribution in [-0.4, -0.2) is 34.2 Å². The summed E-state index contributed by atoms with van der Waals surface area (Å²) >= 11 is 0. The van der Waals surface area contributed by atoms with Crippen molar-refractivity contribution in [2.45, 2.75) is 82.1 Å². The van der Waals surface area contributed by atoms with E-state index in [1.54, 1.807) is 35.4 Å². The lowest BCUT2D eigenvalue weighted by Gasteiger charge is -2.09. The van der Waals surface area contributed by atoms with Gasteiger partial charge in [-0.2, -0.15) is 0 Å². The zero-order chi connectivity index (χ0) is 69.7. The number of carbonyl (C=O) groups is 1. The Morgan fingerprint density at radius 1 is 0.227 bits per heavy atom. The molecule has 0 aliphatic heterocycles. The van der Waals surface area contributed by atoms with Gasteiger partial charge in [0.1, 0.15) is 57.5 Å². The number of benzene rings is 12. The van der Waals surface area contributed by atoms with Crippen LogP contribution in [0, 0.1) is 62.3 Å². The average molecular weight is 1290 g/mol. The molecule has 498 valence electrons. The molecule has 0 aliphatic rings. The summed E-state index contributed by atoms with van der Waals surface area (Å²) < 4.78 is 37.7. The molecule has 12 aromatic carbocycles. The molecule has 0 fully saturated rings. The Balaban J connectivity index is 0.000000183. The second-order valence-corrected chi connectivity index (χ2v) is 23.5. The van der Waals surface area contributed by atoms with E-state index in [9.17, 15) is 4.79 Å². The number of ether oxygens (including phenoxy) is 7. The van der Waals surface area contributed by atoms with Crippen molar-refractivity contribution in [3.8, 4) is 57.5 Å². The molecule has 0 saturated heterocycles. The lowest BCUT2D eigenvalue weighted by molar-refractivity contribution is 0.101. The molecule has 0 saturated carbocycles. The van der Waals surface area contributed by atoms with Crippen LogP contribution in [0.1, 0.15) is 89.6 Å². The van der Waals surface area contributed by atoms with Crippen molar-refractivity contribution in [1.82, 2.24) is 0 Å². The first kappa shape index (κ1) is 74.9. The van der Waals surface area contributed by atoms with Crippen LogP contribution in [0.15, 0.2) is 291 Å². The molecule has 12 aromatic rings. The molecule has 0 heterocycles. The van der Waals surface area contributed by atoms with Crippen LogP contribution in [0.2, 0.25) is 0 Å². The molecular weight excluding hydrogens is 1200 g/mol. The predicted octanol–water partition coefficient (Wildman–Crippen LogP) is 23.4. The van der Waals surface area contributed by atoms with Gasteiger partial charge in [0.15, 0.2) is 5.78 Å². The highest BCUT2D eigenvalue weighted by molar-refractivity contribution is 5.94. The molecule has 0 radical (unpaired) electrons. The van der Waals surface area contributed by atoms with Crippen molar-refractivity contribution < 1.29 is 38.0 Å². The van der Waals surface area contributed by atoms with Gasteiger partial charge in [-0.1, -0.05) is 197 Å². The van der Waals surface area contributed by atoms with Gasteiger partial charge in [0.05, 0.1) is 28.4 Å². The van der Waals surface area contributed by atoms with Crippen LogP contribution in [0.3, 0.4) is 0 Å². The average Bonchev–Trinajstić information content (AvgIpc) is 1.23. The minimum Gasteiger partial charge on any atom is -0.497 e. The molecule has 0 unspecified atom stereocenters. The van der Waals surface area contributed by atoms with Gasteiger partial charge in [0.2, 0.25) is 0 Å². The third-order valence-corrected chi connectivity index (χ3v) is 14.8. The van der Waals surface area contributed by atoms with E-state index in [1.165, 1.54) is 66.8 Å². The largest absolute Gasteiger partial charge is 0.497 e. The molecule has 0 bridgehead atoms. The summed E-state index contributed by atoms with van der Waals surface area (Å²) in [5.74, 6) is 8.83. The van der Waals surface area contributed by atoms with Crippen LogP contribution in [-0.2, 0) is 12.8 Å². The lowest BCUT2D eigenvalue weighted by atomic mass is 10.0. The maximum atomic E-state index is 10.8. The first-order valence-corrected chi connectivity index (χ1v) is 32.4. The van der Waals surface area contributed by atoms with E-state index in [2.05, 4.69) is 120 Å². The fraction of sp³-hybridized carbons (Fsp3) is 0.180. The summed E-state index contributed by atoms with van der Waals surface area (Å²) in [7, 11) is 6.74. The molecule has 0 N–H and O–H groups in total. The van der Waals surface area contributed by atoms with Gasteiger partial charge in [0.25, 0.3) is 0 Å². The molecule has 8 heteroatoms. The molecular formula is C89H94O8. The van der Waals surface area contributed by atoms with Crippen molar-refractivity contribution in [2.24, 2.45) is 0 Å². The van der Waals surface area contributed by atoms with Gasteiger partial charge in [-0.25, -0.2) is 0 Å². The first-order valence-electron chi connectivity index (χ1n) is 32.4. The standard InChI is InChI=1S/C20H18O2.2C15H16O.C14H14O.C9H10O.2C8H10O/c1-15-6-8-17(9-7-15)21-18-10-12-19(13-11-18)22-20-5-3-4-16(2)14-20;1-12-3-5-13(6-4-12)11-14-7-9-15(16-2)10-8-14;1-12-5-3-6-13(9-12)10-14-7-4-8-15(11-14)16-2;1-11-6-8-13(9-7-11)15-14-5-3-4-12(2)10-14;1-7-4-3-5-9(6-7)8(2)10;1-7-3-5-8(9-2)6-4-7;1-7-4-3-5-8(6-7)9-2/h3-14H,1-2H3;3-10H,11H2,1-2H3;3-9,11H,10H2,1-2H3;3-10H,1-2H3;3-6H,1-2H3;2*3-6H,1-2H3. The number of ketones is 1. The number of carbonyl (C=O) groups excluding carboxylic acids is 1. The fourth-order valence-electron chi connectivity index (χ4n) is 9.36. The van der Waals surface area contributed by atoms with Crippen LogP contribution < -0.4 is 33.2 Å². The Kier molecular flexibility index (Phi) is 31.6. The van der Waals surface area contributed by atoms with Crippen LogP contribution in [0.25, 0.3) is 0 Å². The normalized spacial score (nSPS) is 9.88. The molecule has 0 aromatic heterocycles. The summed E-state index contributed by atoms with van der Waals surface area (Å²) in [6, 6.07) is 97.0. The summed E-state index contributed by atoms with van der Waals surface area (Å²) in [6.45, 7) is 20.1. The van der Waals surface area contributed by atoms with Gasteiger partial charge in [0, 0.05) is 5.56 Å². The number of rotatable bonds is 15. The zero-order valence-electron chi connectivity index (χ0n) is 58.9. The van der Waals surface area contributed by atoms with E-state index in [0.717, 1.165) is 81.5 Å². The lowest BCUT2D eigenvalue weighted by Crippen LogP contribution is -1.90. The summed E-state index contributed by atoms with van der Waals surface area (Å²) in [6.07, 6.45) is 1.93. The monoisotopic (exact) mass is 1290 g/mol. The van der Waals surface area contributed by atoms with Gasteiger partial charge in [-0.3, -0.25) is 4.79 Å². The molecule has 0 atom stereocenters. The Hall–Kier alpha value is -11.1. The van der Waals surface area contributed by atoms with E-state index in [0.29, 0.717) is 0 Å². The van der Waals surface area contributed by atoms with Gasteiger partial charge >= 0.3 is 0 Å². The molecule has 0 spiro atoms. The highest BCUT2D eigenvalue weighted by atomic mass is 16.5. The van der Waals surface area contributed by atoms with Crippen LogP contribution in [0.5, 0.6) is 57.5 Å². The SMILES string of the molecule is CC(=O)c1cccc(C)c1.COc1ccc(C)cc1.COc1ccc(Cc2ccc(C)cc2)cc1.COc1cccc(C)c1.COc1cccc(Cc2cccc(C)c2)c1.Cc1ccc(Oc2ccc(Oc3cccc(C)c3)cc2)cc1.Cc1ccc(Oc2cccc(C)c2)cc1. The van der Waals surface area contributed by atoms with Crippen molar-refractivity contribution >= 4 is 5.78 Å². The van der Waals surface area contributed by atoms with E-state index in [1.807, 2.05) is 233 Å². The highest BCUT2D eigenvalue weighted by Gasteiger charge is 2.04. The van der Waals surface area contributed by atoms with Crippen LogP contribution in [0.4, 0.5) is 0 Å². The van der Waals surface area contributed by atoms with E-state index < -0.39 is 0 Å². The summed E-state index contributed by atoms with van der Waals surface area (Å²) in [5, 5.41) is 0. The fourth-order valence-corrected chi connectivity index (χ4v) is 9.36. The zero-order valence-corrected chi connectivity index (χ0v) is 58.9. The second kappa shape index (κ2) is 40.9. The van der Waals surface area contributed by atoms with Gasteiger partial charge < -0.3 is 33.2 Å². The van der Waals surface area contributed by atoms with E-state index in [-0.39, 0.29) is 5.78 Å². The summed E-state index contributed by atoms with van der Waals surface area (Å²) in [5.41, 5.74) is 17.1. The number of aryl methyl sites for hydroxylation is 9. The number of hydrogen-bond donors (Lipinski definition) is 0. The van der Waals surface area contributed by atoms with Crippen molar-refractivity contribution in [1.29, 1.82) is 0 Å². The van der Waals surface area contributed by atoms with Gasteiger partial charge in [-0.05, 0) is 248 Å². The number of hydrogen-bond acceptors (Lipinski definition) is 8. The van der Waals surface area contributed by atoms with Crippen molar-refractivity contribution in [3.05, 3.63) is 369 Å². The minimum atomic E-state index is 0.128. The maximum Gasteiger partial charge on any atom is 0.159 e. The second-order valence-electron chi connectivity index (χ2n) is 23.5. The maximum absolute atomic E-state index is 10.8. The smallest absolute Gasteiger partial charge is 0.159 e. The Labute approximate surface area is 577 Å². The van der Waals surface area contributed by atoms with E-state index in [4.69, 9.17) is 33.2 Å². The third-order valence-electron chi connectivity index (χ3n) is 14.8. The van der Waals surface area contributed by atoms with Crippen molar-refractivity contribution in [3.63, 3.8) is 0 Å². The topological polar surface area (TPSA) is 81.7 Å². The molecule has 8 nitrogen and oxygen atoms in total. The van der Waals surface area contributed by atoms with Crippen LogP contribution >= 0.6 is 0 Å². The number of Topliss-reactive ketones (excluding diaryl/α,β-unsaturated/α-hetero) is 1. The first-order chi connectivity index (χ1) is 46.8. The predicted molar refractivity (Wildman–Crippen MR) is 402 cm³/mol. The Morgan fingerprint density at radius 3 is 0.835 bits per heavy atom.